The topological polar surface area (TPSA) is 26.3 Å². The maximum atomic E-state index is 12.9. The van der Waals surface area contributed by atoms with Gasteiger partial charge in [-0.1, -0.05) is 30.3 Å². The van der Waals surface area contributed by atoms with Gasteiger partial charge >= 0.3 is 5.97 Å². The second-order valence-electron chi connectivity index (χ2n) is 4.50. The average molecular weight is 240 g/mol. The standard InChI is InChI=1S/C13H14F2O2/c1-13(14,15)11-7-10(11)12(16)17-8-9-5-3-2-4-6-9/h2-6,10-11H,7-8H2,1H3/t10-,11-/m0/s1. The van der Waals surface area contributed by atoms with Crippen LogP contribution in [0.1, 0.15) is 18.9 Å². The molecule has 0 radical (unpaired) electrons. The first kappa shape index (κ1) is 12.0. The number of esters is 1. The monoisotopic (exact) mass is 240 g/mol. The minimum Gasteiger partial charge on any atom is -0.461 e. The van der Waals surface area contributed by atoms with E-state index in [2.05, 4.69) is 0 Å². The fourth-order valence-electron chi connectivity index (χ4n) is 1.85. The third kappa shape index (κ3) is 3.02. The van der Waals surface area contributed by atoms with Gasteiger partial charge in [-0.05, 0) is 18.9 Å². The molecule has 2 atom stereocenters. The first-order valence-corrected chi connectivity index (χ1v) is 5.57. The number of ether oxygens (including phenoxy) is 1. The van der Waals surface area contributed by atoms with E-state index >= 15 is 0 Å². The van der Waals surface area contributed by atoms with Crippen molar-refractivity contribution in [2.24, 2.45) is 11.8 Å². The third-order valence-corrected chi connectivity index (χ3v) is 2.97. The van der Waals surface area contributed by atoms with E-state index in [4.69, 9.17) is 4.74 Å². The zero-order chi connectivity index (χ0) is 12.5. The van der Waals surface area contributed by atoms with Crippen LogP contribution in [0.3, 0.4) is 0 Å². The molecule has 17 heavy (non-hydrogen) atoms. The van der Waals surface area contributed by atoms with Gasteiger partial charge in [-0.3, -0.25) is 4.79 Å². The Kier molecular flexibility index (Phi) is 3.13. The maximum absolute atomic E-state index is 12.9. The molecule has 0 aromatic heterocycles. The molecule has 92 valence electrons. The molecular formula is C13H14F2O2. The van der Waals surface area contributed by atoms with Crippen molar-refractivity contribution in [2.45, 2.75) is 25.9 Å². The molecule has 1 aliphatic rings. The summed E-state index contributed by atoms with van der Waals surface area (Å²) in [5, 5.41) is 0. The van der Waals surface area contributed by atoms with E-state index in [9.17, 15) is 13.6 Å². The summed E-state index contributed by atoms with van der Waals surface area (Å²) < 4.78 is 30.8. The summed E-state index contributed by atoms with van der Waals surface area (Å²) in [6.07, 6.45) is 0.233. The van der Waals surface area contributed by atoms with Gasteiger partial charge < -0.3 is 4.74 Å². The Hall–Kier alpha value is -1.45. The summed E-state index contributed by atoms with van der Waals surface area (Å²) in [6.45, 7) is 1.00. The Morgan fingerprint density at radius 1 is 1.41 bits per heavy atom. The van der Waals surface area contributed by atoms with Crippen molar-refractivity contribution in [3.8, 4) is 0 Å². The number of benzene rings is 1. The predicted octanol–water partition coefficient (Wildman–Crippen LogP) is 3.02. The van der Waals surface area contributed by atoms with Crippen LogP contribution < -0.4 is 0 Å². The number of carbonyl (C=O) groups is 1. The molecule has 2 rings (SSSR count). The fourth-order valence-corrected chi connectivity index (χ4v) is 1.85. The lowest BCUT2D eigenvalue weighted by Gasteiger charge is -2.09. The van der Waals surface area contributed by atoms with Crippen molar-refractivity contribution < 1.29 is 18.3 Å². The van der Waals surface area contributed by atoms with Gasteiger partial charge in [0.1, 0.15) is 6.61 Å². The first-order chi connectivity index (χ1) is 7.98. The van der Waals surface area contributed by atoms with Crippen LogP contribution in [0.15, 0.2) is 30.3 Å². The fraction of sp³-hybridized carbons (Fsp3) is 0.462. The lowest BCUT2D eigenvalue weighted by atomic mass is 10.2. The number of hydrogen-bond donors (Lipinski definition) is 0. The lowest BCUT2D eigenvalue weighted by molar-refractivity contribution is -0.148. The Bertz CT molecular complexity index is 398. The summed E-state index contributed by atoms with van der Waals surface area (Å²) in [7, 11) is 0. The Morgan fingerprint density at radius 2 is 2.06 bits per heavy atom. The van der Waals surface area contributed by atoms with Crippen molar-refractivity contribution in [3.63, 3.8) is 0 Å². The van der Waals surface area contributed by atoms with E-state index in [1.807, 2.05) is 30.3 Å². The Labute approximate surface area is 98.6 Å². The van der Waals surface area contributed by atoms with Gasteiger partial charge in [0.2, 0.25) is 5.92 Å². The van der Waals surface area contributed by atoms with Gasteiger partial charge in [0, 0.05) is 5.92 Å². The van der Waals surface area contributed by atoms with Crippen molar-refractivity contribution in [1.82, 2.24) is 0 Å². The number of rotatable bonds is 4. The number of halogens is 2. The van der Waals surface area contributed by atoms with Crippen LogP contribution in [0, 0.1) is 11.8 Å². The second kappa shape index (κ2) is 4.43. The molecule has 0 aliphatic heterocycles. The molecule has 1 fully saturated rings. The maximum Gasteiger partial charge on any atom is 0.309 e. The third-order valence-electron chi connectivity index (χ3n) is 2.97. The van der Waals surface area contributed by atoms with Gasteiger partial charge in [-0.2, -0.15) is 0 Å². The Morgan fingerprint density at radius 3 is 2.59 bits per heavy atom. The summed E-state index contributed by atoms with van der Waals surface area (Å²) >= 11 is 0. The molecule has 0 spiro atoms. The van der Waals surface area contributed by atoms with Gasteiger partial charge in [0.25, 0.3) is 0 Å². The SMILES string of the molecule is CC(F)(F)[C@H]1C[C@@H]1C(=O)OCc1ccccc1. The molecule has 4 heteroatoms. The smallest absolute Gasteiger partial charge is 0.309 e. The first-order valence-electron chi connectivity index (χ1n) is 5.57. The summed E-state index contributed by atoms with van der Waals surface area (Å²) in [5.41, 5.74) is 0.862. The van der Waals surface area contributed by atoms with Crippen LogP contribution in [-0.2, 0) is 16.1 Å². The van der Waals surface area contributed by atoms with E-state index in [1.54, 1.807) is 0 Å². The molecule has 1 saturated carbocycles. The number of carbonyl (C=O) groups excluding carboxylic acids is 1. The average Bonchev–Trinajstić information content (AvgIpc) is 3.06. The van der Waals surface area contributed by atoms with Crippen LogP contribution in [0.25, 0.3) is 0 Å². The van der Waals surface area contributed by atoms with Gasteiger partial charge in [0.15, 0.2) is 0 Å². The molecule has 0 amide bonds. The minimum atomic E-state index is -2.78. The normalized spacial score (nSPS) is 23.2. The van der Waals surface area contributed by atoms with Crippen LogP contribution in [-0.4, -0.2) is 11.9 Å². The van der Waals surface area contributed by atoms with Crippen LogP contribution in [0.4, 0.5) is 8.78 Å². The van der Waals surface area contributed by atoms with E-state index in [-0.39, 0.29) is 13.0 Å². The second-order valence-corrected chi connectivity index (χ2v) is 4.50. The van der Waals surface area contributed by atoms with Crippen LogP contribution in [0.5, 0.6) is 0 Å². The van der Waals surface area contributed by atoms with Crippen molar-refractivity contribution in [3.05, 3.63) is 35.9 Å². The molecular weight excluding hydrogens is 226 g/mol. The van der Waals surface area contributed by atoms with Crippen molar-refractivity contribution in [2.75, 3.05) is 0 Å². The molecule has 1 aliphatic carbocycles. The molecule has 0 unspecified atom stereocenters. The van der Waals surface area contributed by atoms with Crippen molar-refractivity contribution >= 4 is 5.97 Å². The summed E-state index contributed by atoms with van der Waals surface area (Å²) in [4.78, 5) is 11.5. The number of alkyl halides is 2. The van der Waals surface area contributed by atoms with E-state index in [0.717, 1.165) is 12.5 Å². The zero-order valence-electron chi connectivity index (χ0n) is 9.53. The molecule has 2 nitrogen and oxygen atoms in total. The van der Waals surface area contributed by atoms with Gasteiger partial charge in [-0.15, -0.1) is 0 Å². The summed E-state index contributed by atoms with van der Waals surface area (Å²) in [6, 6.07) is 9.19. The van der Waals surface area contributed by atoms with E-state index in [1.165, 1.54) is 0 Å². The molecule has 0 heterocycles. The highest BCUT2D eigenvalue weighted by Gasteiger charge is 2.56. The van der Waals surface area contributed by atoms with E-state index < -0.39 is 23.7 Å². The quantitative estimate of drug-likeness (QED) is 0.756. The summed E-state index contributed by atoms with van der Waals surface area (Å²) in [5.74, 6) is -4.76. The minimum absolute atomic E-state index is 0.151. The predicted molar refractivity (Wildman–Crippen MR) is 58.5 cm³/mol. The van der Waals surface area contributed by atoms with E-state index in [0.29, 0.717) is 0 Å². The highest BCUT2D eigenvalue weighted by atomic mass is 19.3. The molecule has 1 aromatic rings. The molecule has 0 bridgehead atoms. The largest absolute Gasteiger partial charge is 0.461 e. The van der Waals surface area contributed by atoms with Gasteiger partial charge in [0.05, 0.1) is 5.92 Å². The highest BCUT2D eigenvalue weighted by Crippen LogP contribution is 2.49. The van der Waals surface area contributed by atoms with Crippen LogP contribution >= 0.6 is 0 Å². The Balaban J connectivity index is 1.80. The highest BCUT2D eigenvalue weighted by molar-refractivity contribution is 5.76. The number of hydrogen-bond acceptors (Lipinski definition) is 2. The zero-order valence-corrected chi connectivity index (χ0v) is 9.53. The molecule has 0 saturated heterocycles. The molecule has 0 N–H and O–H groups in total. The molecule has 1 aromatic carbocycles. The van der Waals surface area contributed by atoms with Crippen LogP contribution in [0.2, 0.25) is 0 Å². The van der Waals surface area contributed by atoms with Crippen molar-refractivity contribution in [1.29, 1.82) is 0 Å². The van der Waals surface area contributed by atoms with Gasteiger partial charge in [-0.25, -0.2) is 8.78 Å². The lowest BCUT2D eigenvalue weighted by Crippen LogP contribution is -2.18.